The Kier molecular flexibility index (Phi) is 8.58. The topological polar surface area (TPSA) is 44.8 Å². The minimum Gasteiger partial charge on any atom is -0.244 e. The maximum atomic E-state index is 13.0. The minimum absolute atomic E-state index is 2.28. The van der Waals surface area contributed by atoms with Crippen molar-refractivity contribution >= 4 is 7.82 Å². The van der Waals surface area contributed by atoms with E-state index >= 15 is 0 Å². The lowest BCUT2D eigenvalue weighted by Crippen LogP contribution is -2.49. The van der Waals surface area contributed by atoms with E-state index in [2.05, 4.69) is 13.6 Å². The normalized spacial score (nSPS) is 19.9. The van der Waals surface area contributed by atoms with Crippen LogP contribution in [-0.2, 0) is 18.1 Å². The van der Waals surface area contributed by atoms with Crippen LogP contribution in [0.3, 0.4) is 0 Å². The standard InChI is InChI=1S/C9H3F18O4P/c10-1(4(13,14)7(19,20)21)29-32(28,30-2(11)5(15,16)8(22,23)24)31-3(12)6(17,18)9(25,26)27/h1-3H. The molecule has 32 heavy (non-hydrogen) atoms. The molecule has 4 nitrogen and oxygen atoms in total. The van der Waals surface area contributed by atoms with Gasteiger partial charge in [-0.15, -0.1) is 0 Å². The van der Waals surface area contributed by atoms with Crippen LogP contribution in [0.25, 0.3) is 0 Å². The van der Waals surface area contributed by atoms with Crippen LogP contribution in [0.15, 0.2) is 0 Å². The van der Waals surface area contributed by atoms with Crippen LogP contribution in [0.4, 0.5) is 79.0 Å². The molecule has 0 bridgehead atoms. The zero-order valence-corrected chi connectivity index (χ0v) is 14.5. The van der Waals surface area contributed by atoms with E-state index in [1.807, 2.05) is 0 Å². The van der Waals surface area contributed by atoms with Crippen LogP contribution >= 0.6 is 7.82 Å². The summed E-state index contributed by atoms with van der Waals surface area (Å²) in [6.07, 6.45) is -38.3. The van der Waals surface area contributed by atoms with Crippen LogP contribution in [0, 0.1) is 0 Å². The first-order chi connectivity index (χ1) is 13.6. The van der Waals surface area contributed by atoms with Gasteiger partial charge in [0.25, 0.3) is 19.1 Å². The summed E-state index contributed by atoms with van der Waals surface area (Å²) in [7, 11) is -7.95. The van der Waals surface area contributed by atoms with Crippen molar-refractivity contribution in [3.05, 3.63) is 0 Å². The summed E-state index contributed by atoms with van der Waals surface area (Å²) in [6.45, 7) is 0. The number of phosphoric acid groups is 1. The van der Waals surface area contributed by atoms with Crippen molar-refractivity contribution in [2.45, 2.75) is 55.4 Å². The van der Waals surface area contributed by atoms with Crippen LogP contribution < -0.4 is 0 Å². The summed E-state index contributed by atoms with van der Waals surface area (Å²) >= 11 is 0. The highest BCUT2D eigenvalue weighted by Crippen LogP contribution is 2.60. The van der Waals surface area contributed by atoms with Crippen molar-refractivity contribution in [3.8, 4) is 0 Å². The van der Waals surface area contributed by atoms with Crippen LogP contribution in [-0.4, -0.2) is 55.4 Å². The molecule has 3 atom stereocenters. The number of hydrogen-bond donors (Lipinski definition) is 0. The van der Waals surface area contributed by atoms with E-state index < -0.39 is 63.2 Å². The first-order valence-electron chi connectivity index (χ1n) is 6.54. The second-order valence-corrected chi connectivity index (χ2v) is 6.60. The molecule has 0 saturated heterocycles. The number of alkyl halides is 18. The van der Waals surface area contributed by atoms with Gasteiger partial charge in [0, 0.05) is 0 Å². The molecule has 0 aromatic heterocycles. The predicted molar refractivity (Wildman–Crippen MR) is 58.6 cm³/mol. The van der Waals surface area contributed by atoms with E-state index in [-0.39, 0.29) is 0 Å². The van der Waals surface area contributed by atoms with Gasteiger partial charge in [0.1, 0.15) is 0 Å². The molecule has 0 heterocycles. The zero-order valence-electron chi connectivity index (χ0n) is 13.6. The van der Waals surface area contributed by atoms with Gasteiger partial charge in [-0.05, 0) is 0 Å². The van der Waals surface area contributed by atoms with Gasteiger partial charge in [0.05, 0.1) is 0 Å². The van der Waals surface area contributed by atoms with Crippen molar-refractivity contribution in [2.75, 3.05) is 0 Å². The van der Waals surface area contributed by atoms with E-state index in [0.717, 1.165) is 0 Å². The Hall–Kier alpha value is -1.15. The third-order valence-electron chi connectivity index (χ3n) is 2.65. The maximum absolute atomic E-state index is 13.0. The largest absolute Gasteiger partial charge is 0.483 e. The van der Waals surface area contributed by atoms with Gasteiger partial charge in [-0.1, -0.05) is 0 Å². The van der Waals surface area contributed by atoms with E-state index in [9.17, 15) is 83.6 Å². The summed E-state index contributed by atoms with van der Waals surface area (Å²) in [5.74, 6) is -20.9. The molecule has 0 aromatic rings. The monoisotopic (exact) mass is 548 g/mol. The Balaban J connectivity index is 6.23. The molecular weight excluding hydrogens is 545 g/mol. The smallest absolute Gasteiger partial charge is 0.244 e. The fourth-order valence-electron chi connectivity index (χ4n) is 0.999. The molecule has 0 aliphatic carbocycles. The second kappa shape index (κ2) is 8.90. The maximum Gasteiger partial charge on any atom is 0.483 e. The van der Waals surface area contributed by atoms with E-state index in [4.69, 9.17) is 0 Å². The molecule has 0 N–H and O–H groups in total. The van der Waals surface area contributed by atoms with Crippen molar-refractivity contribution < 1.29 is 97.2 Å². The van der Waals surface area contributed by atoms with Crippen LogP contribution in [0.1, 0.15) is 0 Å². The number of rotatable bonds is 9. The highest BCUT2D eigenvalue weighted by atomic mass is 31.2. The molecule has 0 saturated carbocycles. The second-order valence-electron chi connectivity index (χ2n) is 5.07. The molecule has 23 heteroatoms. The molecule has 0 aliphatic heterocycles. The molecular formula is C9H3F18O4P. The van der Waals surface area contributed by atoms with Crippen molar-refractivity contribution in [3.63, 3.8) is 0 Å². The fraction of sp³-hybridized carbons (Fsp3) is 1.00. The van der Waals surface area contributed by atoms with Gasteiger partial charge in [0.2, 0.25) is 0 Å². The predicted octanol–water partition coefficient (Wildman–Crippen LogP) is 6.62. The van der Waals surface area contributed by atoms with Crippen molar-refractivity contribution in [1.29, 1.82) is 0 Å². The summed E-state index contributed by atoms with van der Waals surface area (Å²) in [4.78, 5) is 0. The Labute approximate surface area is 162 Å². The number of halogens is 18. The lowest BCUT2D eigenvalue weighted by molar-refractivity contribution is -0.346. The highest BCUT2D eigenvalue weighted by molar-refractivity contribution is 7.48. The van der Waals surface area contributed by atoms with Gasteiger partial charge in [-0.2, -0.15) is 65.9 Å². The molecule has 0 aromatic carbocycles. The van der Waals surface area contributed by atoms with Gasteiger partial charge in [-0.25, -0.2) is 31.3 Å². The molecule has 194 valence electrons. The molecule has 3 unspecified atom stereocenters. The minimum atomic E-state index is -7.95. The fourth-order valence-corrected chi connectivity index (χ4v) is 2.23. The van der Waals surface area contributed by atoms with Crippen LogP contribution in [0.2, 0.25) is 0 Å². The number of phosphoric ester groups is 1. The molecule has 0 fully saturated rings. The Morgan fingerprint density at radius 3 is 0.719 bits per heavy atom. The summed E-state index contributed by atoms with van der Waals surface area (Å²) in [5.41, 5.74) is 0. The van der Waals surface area contributed by atoms with Crippen molar-refractivity contribution in [1.82, 2.24) is 0 Å². The molecule has 0 rings (SSSR count). The summed E-state index contributed by atoms with van der Waals surface area (Å²) < 4.78 is 241. The van der Waals surface area contributed by atoms with Gasteiger partial charge in [0.15, 0.2) is 0 Å². The third kappa shape index (κ3) is 6.46. The lowest BCUT2D eigenvalue weighted by atomic mass is 10.3. The average molecular weight is 548 g/mol. The zero-order chi connectivity index (χ0) is 26.4. The van der Waals surface area contributed by atoms with E-state index in [1.54, 1.807) is 0 Å². The average Bonchev–Trinajstić information content (AvgIpc) is 2.50. The third-order valence-corrected chi connectivity index (χ3v) is 3.98. The Bertz CT molecular complexity index is 591. The van der Waals surface area contributed by atoms with Gasteiger partial charge in [-0.3, -0.25) is 0 Å². The summed E-state index contributed by atoms with van der Waals surface area (Å²) in [6, 6.07) is 0. The van der Waals surface area contributed by atoms with Crippen molar-refractivity contribution in [2.24, 2.45) is 0 Å². The quantitative estimate of drug-likeness (QED) is 0.240. The van der Waals surface area contributed by atoms with Gasteiger partial charge >= 0.3 is 44.1 Å². The molecule has 0 amide bonds. The first kappa shape index (κ1) is 30.8. The van der Waals surface area contributed by atoms with E-state index in [1.165, 1.54) is 0 Å². The molecule has 0 aliphatic rings. The molecule has 0 spiro atoms. The number of hydrogen-bond acceptors (Lipinski definition) is 4. The first-order valence-corrected chi connectivity index (χ1v) is 8.00. The highest BCUT2D eigenvalue weighted by Gasteiger charge is 2.70. The van der Waals surface area contributed by atoms with Gasteiger partial charge < -0.3 is 0 Å². The Morgan fingerprint density at radius 1 is 0.438 bits per heavy atom. The lowest BCUT2D eigenvalue weighted by Gasteiger charge is -2.30. The Morgan fingerprint density at radius 2 is 0.594 bits per heavy atom. The van der Waals surface area contributed by atoms with Crippen LogP contribution in [0.5, 0.6) is 0 Å². The summed E-state index contributed by atoms with van der Waals surface area (Å²) in [5, 5.41) is 0. The molecule has 0 radical (unpaired) electrons. The SMILES string of the molecule is O=P(OC(F)C(F)(F)C(F)(F)F)(OC(F)C(F)(F)C(F)(F)F)OC(F)C(F)(F)C(F)(F)F. The van der Waals surface area contributed by atoms with E-state index in [0.29, 0.717) is 0 Å².